The largest absolute Gasteiger partial charge is 0.342 e. The van der Waals surface area contributed by atoms with Crippen LogP contribution in [0.1, 0.15) is 18.4 Å². The van der Waals surface area contributed by atoms with Crippen molar-refractivity contribution in [2.24, 2.45) is 0 Å². The number of nitrogens with zero attached hydrogens (tertiary/aromatic N) is 2. The second-order valence-electron chi connectivity index (χ2n) is 6.73. The van der Waals surface area contributed by atoms with E-state index >= 15 is 0 Å². The van der Waals surface area contributed by atoms with Crippen molar-refractivity contribution in [2.75, 3.05) is 19.4 Å². The van der Waals surface area contributed by atoms with Gasteiger partial charge in [0.2, 0.25) is 10.0 Å². The number of thiocarbonyl (C=S) groups is 1. The van der Waals surface area contributed by atoms with Gasteiger partial charge in [-0.1, -0.05) is 18.2 Å². The lowest BCUT2D eigenvalue weighted by molar-refractivity contribution is 0.409. The first kappa shape index (κ1) is 19.7. The Morgan fingerprint density at radius 2 is 1.85 bits per heavy atom. The van der Waals surface area contributed by atoms with Crippen molar-refractivity contribution in [3.63, 3.8) is 0 Å². The molecule has 2 aromatic rings. The van der Waals surface area contributed by atoms with Gasteiger partial charge in [-0.25, -0.2) is 17.1 Å². The second-order valence-corrected chi connectivity index (χ2v) is 9.27. The molecule has 8 heteroatoms. The number of anilines is 1. The molecule has 0 spiro atoms. The van der Waals surface area contributed by atoms with Crippen molar-refractivity contribution in [1.82, 2.24) is 9.21 Å². The summed E-state index contributed by atoms with van der Waals surface area (Å²) in [6.45, 7) is 0.576. The average Bonchev–Trinajstić information content (AvgIpc) is 3.46. The molecule has 0 aliphatic heterocycles. The third-order valence-electron chi connectivity index (χ3n) is 4.38. The Balaban J connectivity index is 1.75. The standard InChI is InChI=1S/C19H22FN3O2S2/c1-22(2)27(24,25)18-5-3-4-16(12-18)21-19(26)23(17-10-11-17)13-14-6-8-15(20)9-7-14/h3-9,12,17H,10-11,13H2,1-2H3,(H,21,26). The minimum Gasteiger partial charge on any atom is -0.342 e. The zero-order chi connectivity index (χ0) is 19.6. The monoisotopic (exact) mass is 407 g/mol. The Labute approximate surface area is 164 Å². The summed E-state index contributed by atoms with van der Waals surface area (Å²) in [6, 6.07) is 13.3. The predicted molar refractivity (Wildman–Crippen MR) is 109 cm³/mol. The smallest absolute Gasteiger partial charge is 0.242 e. The van der Waals surface area contributed by atoms with Crippen LogP contribution in [0, 0.1) is 5.82 Å². The highest BCUT2D eigenvalue weighted by Crippen LogP contribution is 2.29. The van der Waals surface area contributed by atoms with Crippen LogP contribution < -0.4 is 5.32 Å². The molecule has 144 valence electrons. The van der Waals surface area contributed by atoms with Gasteiger partial charge in [0.25, 0.3) is 0 Å². The molecule has 0 radical (unpaired) electrons. The fourth-order valence-electron chi connectivity index (χ4n) is 2.68. The normalized spacial score (nSPS) is 14.2. The van der Waals surface area contributed by atoms with Crippen molar-refractivity contribution in [2.45, 2.75) is 30.3 Å². The highest BCUT2D eigenvalue weighted by molar-refractivity contribution is 7.89. The van der Waals surface area contributed by atoms with E-state index in [0.717, 1.165) is 18.4 Å². The van der Waals surface area contributed by atoms with E-state index in [-0.39, 0.29) is 10.7 Å². The molecular weight excluding hydrogens is 385 g/mol. The van der Waals surface area contributed by atoms with Gasteiger partial charge in [-0.15, -0.1) is 0 Å². The molecule has 2 aromatic carbocycles. The predicted octanol–water partition coefficient (Wildman–Crippen LogP) is 3.44. The van der Waals surface area contributed by atoms with Crippen LogP contribution in [0.3, 0.4) is 0 Å². The van der Waals surface area contributed by atoms with Crippen LogP contribution in [0.5, 0.6) is 0 Å². The van der Waals surface area contributed by atoms with E-state index in [1.165, 1.54) is 30.5 Å². The first-order chi connectivity index (χ1) is 12.8. The fourth-order valence-corrected chi connectivity index (χ4v) is 3.96. The van der Waals surface area contributed by atoms with Gasteiger partial charge in [-0.3, -0.25) is 0 Å². The first-order valence-electron chi connectivity index (χ1n) is 8.62. The Morgan fingerprint density at radius 3 is 2.44 bits per heavy atom. The van der Waals surface area contributed by atoms with Crippen molar-refractivity contribution in [3.05, 3.63) is 59.9 Å². The lowest BCUT2D eigenvalue weighted by Gasteiger charge is -2.26. The molecule has 0 saturated heterocycles. The van der Waals surface area contributed by atoms with Gasteiger partial charge < -0.3 is 10.2 Å². The minimum absolute atomic E-state index is 0.205. The number of hydrogen-bond donors (Lipinski definition) is 1. The molecule has 0 bridgehead atoms. The number of halogens is 1. The van der Waals surface area contributed by atoms with Crippen LogP contribution in [0.25, 0.3) is 0 Å². The maximum atomic E-state index is 13.1. The molecule has 1 aliphatic carbocycles. The van der Waals surface area contributed by atoms with Gasteiger partial charge in [0, 0.05) is 32.4 Å². The number of rotatable bonds is 6. The summed E-state index contributed by atoms with van der Waals surface area (Å²) in [5, 5.41) is 3.68. The minimum atomic E-state index is -3.51. The molecule has 1 saturated carbocycles. The topological polar surface area (TPSA) is 52.7 Å². The van der Waals surface area contributed by atoms with Gasteiger partial charge in [-0.05, 0) is 61.0 Å². The summed E-state index contributed by atoms with van der Waals surface area (Å²) < 4.78 is 38.9. The van der Waals surface area contributed by atoms with Crippen molar-refractivity contribution < 1.29 is 12.8 Å². The molecule has 0 heterocycles. The molecule has 0 unspecified atom stereocenters. The quantitative estimate of drug-likeness (QED) is 0.744. The Kier molecular flexibility index (Phi) is 5.78. The molecule has 27 heavy (non-hydrogen) atoms. The summed E-state index contributed by atoms with van der Waals surface area (Å²) >= 11 is 5.57. The number of benzene rings is 2. The highest BCUT2D eigenvalue weighted by atomic mass is 32.2. The van der Waals surface area contributed by atoms with Crippen LogP contribution in [0.15, 0.2) is 53.4 Å². The summed E-state index contributed by atoms with van der Waals surface area (Å²) in [7, 11) is -0.516. The maximum absolute atomic E-state index is 13.1. The van der Waals surface area contributed by atoms with Crippen molar-refractivity contribution in [1.29, 1.82) is 0 Å². The second kappa shape index (κ2) is 7.92. The van der Waals surface area contributed by atoms with Gasteiger partial charge in [0.15, 0.2) is 5.11 Å². The van der Waals surface area contributed by atoms with E-state index < -0.39 is 10.0 Å². The third kappa shape index (κ3) is 4.82. The molecule has 0 amide bonds. The van der Waals surface area contributed by atoms with E-state index in [0.29, 0.717) is 23.4 Å². The Hall–Kier alpha value is -2.03. The molecule has 0 aromatic heterocycles. The highest BCUT2D eigenvalue weighted by Gasteiger charge is 2.31. The molecule has 5 nitrogen and oxygen atoms in total. The van der Waals surface area contributed by atoms with Crippen LogP contribution in [-0.2, 0) is 16.6 Å². The number of sulfonamides is 1. The lowest BCUT2D eigenvalue weighted by Crippen LogP contribution is -2.36. The van der Waals surface area contributed by atoms with Gasteiger partial charge in [-0.2, -0.15) is 0 Å². The zero-order valence-corrected chi connectivity index (χ0v) is 16.9. The molecule has 0 atom stereocenters. The maximum Gasteiger partial charge on any atom is 0.242 e. The first-order valence-corrected chi connectivity index (χ1v) is 10.5. The summed E-state index contributed by atoms with van der Waals surface area (Å²) in [5.74, 6) is -0.267. The summed E-state index contributed by atoms with van der Waals surface area (Å²) in [5.41, 5.74) is 1.59. The number of nitrogens with one attached hydrogen (secondary N) is 1. The van der Waals surface area contributed by atoms with Crippen LogP contribution in [0.2, 0.25) is 0 Å². The van der Waals surface area contributed by atoms with Gasteiger partial charge in [0.05, 0.1) is 4.90 Å². The van der Waals surface area contributed by atoms with E-state index in [1.54, 1.807) is 36.4 Å². The van der Waals surface area contributed by atoms with Crippen molar-refractivity contribution >= 4 is 33.0 Å². The molecule has 3 rings (SSSR count). The third-order valence-corrected chi connectivity index (χ3v) is 6.53. The Morgan fingerprint density at radius 1 is 1.19 bits per heavy atom. The number of hydrogen-bond acceptors (Lipinski definition) is 3. The van der Waals surface area contributed by atoms with Crippen LogP contribution in [0.4, 0.5) is 10.1 Å². The fraction of sp³-hybridized carbons (Fsp3) is 0.316. The summed E-state index contributed by atoms with van der Waals surface area (Å²) in [6.07, 6.45) is 2.11. The average molecular weight is 408 g/mol. The van der Waals surface area contributed by atoms with E-state index in [4.69, 9.17) is 12.2 Å². The van der Waals surface area contributed by atoms with E-state index in [1.807, 2.05) is 0 Å². The van der Waals surface area contributed by atoms with Crippen LogP contribution in [-0.4, -0.2) is 42.9 Å². The van der Waals surface area contributed by atoms with E-state index in [9.17, 15) is 12.8 Å². The van der Waals surface area contributed by atoms with Gasteiger partial charge >= 0.3 is 0 Å². The molecule has 1 N–H and O–H groups in total. The molecule has 1 fully saturated rings. The summed E-state index contributed by atoms with van der Waals surface area (Å²) in [4.78, 5) is 2.27. The van der Waals surface area contributed by atoms with E-state index in [2.05, 4.69) is 10.2 Å². The van der Waals surface area contributed by atoms with Gasteiger partial charge in [0.1, 0.15) is 5.82 Å². The zero-order valence-electron chi connectivity index (χ0n) is 15.2. The lowest BCUT2D eigenvalue weighted by atomic mass is 10.2. The Bertz CT molecular complexity index is 926. The van der Waals surface area contributed by atoms with Crippen LogP contribution >= 0.6 is 12.2 Å². The van der Waals surface area contributed by atoms with Crippen molar-refractivity contribution in [3.8, 4) is 0 Å². The molecular formula is C19H22FN3O2S2. The molecule has 1 aliphatic rings. The SMILES string of the molecule is CN(C)S(=O)(=O)c1cccc(NC(=S)N(Cc2ccc(F)cc2)C2CC2)c1.